The predicted octanol–water partition coefficient (Wildman–Crippen LogP) is -0.368. The van der Waals surface area contributed by atoms with Crippen molar-refractivity contribution < 1.29 is 4.79 Å². The lowest BCUT2D eigenvalue weighted by Gasteiger charge is -2.03. The van der Waals surface area contributed by atoms with Gasteiger partial charge in [-0.05, 0) is 0 Å². The van der Waals surface area contributed by atoms with E-state index in [1.54, 1.807) is 11.6 Å². The summed E-state index contributed by atoms with van der Waals surface area (Å²) < 4.78 is 1.10. The second kappa shape index (κ2) is 4.74. The highest BCUT2D eigenvalue weighted by Gasteiger charge is 2.06. The maximum absolute atomic E-state index is 11.5. The molecule has 88 valence electrons. The Morgan fingerprint density at radius 3 is 3.00 bits per heavy atom. The number of carbonyl (C=O) groups excluding carboxylic acids is 1. The number of H-pyrrole nitrogens is 1. The molecule has 0 atom stereocenters. The molecular formula is C9H8N4O3S. The summed E-state index contributed by atoms with van der Waals surface area (Å²) in [6.07, 6.45) is 2.83. The Balaban J connectivity index is 2.08. The van der Waals surface area contributed by atoms with Crippen LogP contribution in [-0.4, -0.2) is 20.4 Å². The van der Waals surface area contributed by atoms with Gasteiger partial charge in [0.2, 0.25) is 5.91 Å². The molecule has 0 fully saturated rings. The predicted molar refractivity (Wildman–Crippen MR) is 62.1 cm³/mol. The van der Waals surface area contributed by atoms with Gasteiger partial charge in [-0.1, -0.05) is 0 Å². The van der Waals surface area contributed by atoms with Crippen LogP contribution in [0.2, 0.25) is 0 Å². The molecule has 0 bridgehead atoms. The molecule has 0 aliphatic rings. The van der Waals surface area contributed by atoms with Gasteiger partial charge in [-0.3, -0.25) is 19.1 Å². The highest BCUT2D eigenvalue weighted by Crippen LogP contribution is 2.09. The summed E-state index contributed by atoms with van der Waals surface area (Å²) in [7, 11) is 0. The molecule has 1 amide bonds. The van der Waals surface area contributed by atoms with E-state index in [0.29, 0.717) is 5.13 Å². The van der Waals surface area contributed by atoms with Crippen LogP contribution in [0.1, 0.15) is 0 Å². The van der Waals surface area contributed by atoms with E-state index in [4.69, 9.17) is 0 Å². The van der Waals surface area contributed by atoms with Crippen molar-refractivity contribution in [2.45, 2.75) is 6.54 Å². The first-order chi connectivity index (χ1) is 8.15. The van der Waals surface area contributed by atoms with Crippen molar-refractivity contribution in [3.8, 4) is 0 Å². The number of hydrogen-bond acceptors (Lipinski definition) is 5. The van der Waals surface area contributed by atoms with E-state index in [-0.39, 0.29) is 12.5 Å². The Kier molecular flexibility index (Phi) is 3.15. The summed E-state index contributed by atoms with van der Waals surface area (Å²) in [6.45, 7) is -0.171. The van der Waals surface area contributed by atoms with Crippen molar-refractivity contribution in [2.24, 2.45) is 0 Å². The van der Waals surface area contributed by atoms with Gasteiger partial charge in [0, 0.05) is 23.8 Å². The molecule has 0 spiro atoms. The second-order valence-corrected chi connectivity index (χ2v) is 4.02. The molecule has 2 heterocycles. The summed E-state index contributed by atoms with van der Waals surface area (Å²) in [4.78, 5) is 39.6. The van der Waals surface area contributed by atoms with Crippen molar-refractivity contribution in [3.63, 3.8) is 0 Å². The zero-order chi connectivity index (χ0) is 12.3. The first kappa shape index (κ1) is 11.3. The van der Waals surface area contributed by atoms with Gasteiger partial charge in [-0.25, -0.2) is 9.78 Å². The molecule has 0 saturated heterocycles. The number of rotatable bonds is 3. The second-order valence-electron chi connectivity index (χ2n) is 3.12. The lowest BCUT2D eigenvalue weighted by molar-refractivity contribution is -0.116. The first-order valence-corrected chi connectivity index (χ1v) is 5.52. The summed E-state index contributed by atoms with van der Waals surface area (Å²) in [5.41, 5.74) is -1.11. The van der Waals surface area contributed by atoms with Crippen LogP contribution < -0.4 is 16.6 Å². The Labute approximate surface area is 98.8 Å². The Morgan fingerprint density at radius 1 is 1.53 bits per heavy atom. The van der Waals surface area contributed by atoms with Crippen LogP contribution in [0.3, 0.4) is 0 Å². The Bertz CT molecular complexity index is 628. The van der Waals surface area contributed by atoms with E-state index >= 15 is 0 Å². The fourth-order valence-corrected chi connectivity index (χ4v) is 1.71. The zero-order valence-electron chi connectivity index (χ0n) is 8.54. The normalized spacial score (nSPS) is 10.1. The minimum absolute atomic E-state index is 0.171. The van der Waals surface area contributed by atoms with Gasteiger partial charge in [-0.2, -0.15) is 0 Å². The number of amides is 1. The minimum atomic E-state index is -0.619. The topological polar surface area (TPSA) is 96.9 Å². The molecule has 0 aliphatic heterocycles. The summed E-state index contributed by atoms with van der Waals surface area (Å²) in [5, 5.41) is 4.72. The molecule has 0 saturated carbocycles. The van der Waals surface area contributed by atoms with Crippen LogP contribution in [0.5, 0.6) is 0 Å². The SMILES string of the molecule is O=C(Cn1ccc(=O)[nH]c1=O)Nc1nccs1. The molecule has 0 radical (unpaired) electrons. The number of aromatic nitrogens is 3. The third kappa shape index (κ3) is 2.88. The van der Waals surface area contributed by atoms with Gasteiger partial charge in [0.25, 0.3) is 5.56 Å². The molecule has 17 heavy (non-hydrogen) atoms. The van der Waals surface area contributed by atoms with Crippen molar-refractivity contribution in [3.05, 3.63) is 44.7 Å². The number of nitrogens with zero attached hydrogens (tertiary/aromatic N) is 2. The molecule has 2 N–H and O–H groups in total. The molecule has 0 aliphatic carbocycles. The van der Waals surface area contributed by atoms with E-state index in [1.807, 2.05) is 0 Å². The van der Waals surface area contributed by atoms with Crippen molar-refractivity contribution in [1.29, 1.82) is 0 Å². The molecule has 0 unspecified atom stereocenters. The highest BCUT2D eigenvalue weighted by atomic mass is 32.1. The van der Waals surface area contributed by atoms with Crippen LogP contribution in [0.25, 0.3) is 0 Å². The summed E-state index contributed by atoms with van der Waals surface area (Å²) >= 11 is 1.28. The maximum Gasteiger partial charge on any atom is 0.328 e. The number of carbonyl (C=O) groups is 1. The molecular weight excluding hydrogens is 244 g/mol. The van der Waals surface area contributed by atoms with E-state index < -0.39 is 11.2 Å². The molecule has 8 heteroatoms. The van der Waals surface area contributed by atoms with Crippen LogP contribution >= 0.6 is 11.3 Å². The van der Waals surface area contributed by atoms with Gasteiger partial charge >= 0.3 is 5.69 Å². The molecule has 2 aromatic heterocycles. The molecule has 0 aromatic carbocycles. The van der Waals surface area contributed by atoms with Crippen molar-refractivity contribution in [2.75, 3.05) is 5.32 Å². The van der Waals surface area contributed by atoms with Gasteiger partial charge in [0.15, 0.2) is 5.13 Å². The molecule has 7 nitrogen and oxygen atoms in total. The van der Waals surface area contributed by atoms with E-state index in [9.17, 15) is 14.4 Å². The lowest BCUT2D eigenvalue weighted by atomic mass is 10.5. The van der Waals surface area contributed by atoms with Gasteiger partial charge in [0.1, 0.15) is 6.54 Å². The number of aromatic amines is 1. The monoisotopic (exact) mass is 252 g/mol. The van der Waals surface area contributed by atoms with Gasteiger partial charge in [0.05, 0.1) is 0 Å². The highest BCUT2D eigenvalue weighted by molar-refractivity contribution is 7.13. The number of hydrogen-bond donors (Lipinski definition) is 2. The third-order valence-corrected chi connectivity index (χ3v) is 2.58. The first-order valence-electron chi connectivity index (χ1n) is 4.64. The Hall–Kier alpha value is -2.22. The van der Waals surface area contributed by atoms with E-state index in [2.05, 4.69) is 15.3 Å². The van der Waals surface area contributed by atoms with Crippen molar-refractivity contribution >= 4 is 22.4 Å². The zero-order valence-corrected chi connectivity index (χ0v) is 9.36. The number of anilines is 1. The van der Waals surface area contributed by atoms with Crippen LogP contribution in [-0.2, 0) is 11.3 Å². The minimum Gasteiger partial charge on any atom is -0.300 e. The molecule has 2 aromatic rings. The standard InChI is InChI=1S/C9H8N4O3S/c14-6-1-3-13(9(16)12-6)5-7(15)11-8-10-2-4-17-8/h1-4H,5H2,(H,10,11,15)(H,12,14,16). The van der Waals surface area contributed by atoms with Crippen LogP contribution in [0.4, 0.5) is 5.13 Å². The largest absolute Gasteiger partial charge is 0.328 e. The summed E-state index contributed by atoms with van der Waals surface area (Å²) in [5.74, 6) is -0.380. The summed E-state index contributed by atoms with van der Waals surface area (Å²) in [6, 6.07) is 1.18. The average molecular weight is 252 g/mol. The van der Waals surface area contributed by atoms with E-state index in [0.717, 1.165) is 4.57 Å². The van der Waals surface area contributed by atoms with Gasteiger partial charge in [-0.15, -0.1) is 11.3 Å². The van der Waals surface area contributed by atoms with Crippen LogP contribution in [0, 0.1) is 0 Å². The Morgan fingerprint density at radius 2 is 2.35 bits per heavy atom. The van der Waals surface area contributed by atoms with Crippen LogP contribution in [0.15, 0.2) is 33.4 Å². The lowest BCUT2D eigenvalue weighted by Crippen LogP contribution is -2.32. The fraction of sp³-hybridized carbons (Fsp3) is 0.111. The number of nitrogens with one attached hydrogen (secondary N) is 2. The van der Waals surface area contributed by atoms with Crippen molar-refractivity contribution in [1.82, 2.24) is 14.5 Å². The average Bonchev–Trinajstić information content (AvgIpc) is 2.75. The fourth-order valence-electron chi connectivity index (χ4n) is 1.17. The van der Waals surface area contributed by atoms with Gasteiger partial charge < -0.3 is 5.32 Å². The number of thiazole rings is 1. The smallest absolute Gasteiger partial charge is 0.300 e. The third-order valence-electron chi connectivity index (χ3n) is 1.89. The quantitative estimate of drug-likeness (QED) is 0.779. The molecule has 2 rings (SSSR count). The maximum atomic E-state index is 11.5. The van der Waals surface area contributed by atoms with E-state index in [1.165, 1.54) is 23.6 Å².